The second kappa shape index (κ2) is 24.5. The van der Waals surface area contributed by atoms with Crippen molar-refractivity contribution in [2.75, 3.05) is 52.2 Å². The van der Waals surface area contributed by atoms with Gasteiger partial charge in [0.2, 0.25) is 53.2 Å². The van der Waals surface area contributed by atoms with Crippen LogP contribution in [-0.4, -0.2) is 194 Å². The number of nitrogens with two attached hydrogens (primary N) is 1. The van der Waals surface area contributed by atoms with Crippen molar-refractivity contribution >= 4 is 74.9 Å². The van der Waals surface area contributed by atoms with Gasteiger partial charge >= 0.3 is 0 Å². The molecule has 2 aromatic rings. The van der Waals surface area contributed by atoms with Crippen LogP contribution in [0.3, 0.4) is 0 Å². The average molecular weight is 1030 g/mol. The number of benzene rings is 1. The quantitative estimate of drug-likeness (QED) is 0.101. The van der Waals surface area contributed by atoms with Crippen molar-refractivity contribution in [1.29, 1.82) is 0 Å². The van der Waals surface area contributed by atoms with Crippen LogP contribution in [0.15, 0.2) is 23.2 Å². The van der Waals surface area contributed by atoms with Gasteiger partial charge < -0.3 is 72.9 Å². The first kappa shape index (κ1) is 56.7. The number of rotatable bonds is 11. The molecule has 0 saturated carbocycles. The van der Waals surface area contributed by atoms with Crippen molar-refractivity contribution in [3.8, 4) is 5.75 Å². The topological polar surface area (TPSA) is 373 Å². The lowest BCUT2D eigenvalue weighted by molar-refractivity contribution is -0.144. The van der Waals surface area contributed by atoms with Crippen LogP contribution in [0.5, 0.6) is 5.75 Å². The number of carbonyl (C=O) groups is 9. The van der Waals surface area contributed by atoms with E-state index in [1.165, 1.54) is 6.92 Å². The highest BCUT2D eigenvalue weighted by Gasteiger charge is 2.45. The maximum absolute atomic E-state index is 14.9. The highest BCUT2D eigenvalue weighted by atomic mass is 32.2. The van der Waals surface area contributed by atoms with Gasteiger partial charge in [0.1, 0.15) is 53.6 Å². The van der Waals surface area contributed by atoms with Crippen molar-refractivity contribution in [3.05, 3.63) is 23.8 Å². The Labute approximate surface area is 418 Å². The summed E-state index contributed by atoms with van der Waals surface area (Å²) in [5.74, 6) is -11.3. The molecule has 2 bridgehead atoms. The fourth-order valence-electron chi connectivity index (χ4n) is 8.42. The molecule has 11 atom stereocenters. The number of nitrogens with one attached hydrogen (secondary N) is 8. The van der Waals surface area contributed by atoms with E-state index in [-0.39, 0.29) is 22.7 Å². The van der Waals surface area contributed by atoms with Gasteiger partial charge in [0.25, 0.3) is 0 Å². The number of likely N-dealkylation sites (N-methyl/N-ethyl adjacent to an activating group) is 1. The third kappa shape index (κ3) is 14.3. The molecule has 3 aliphatic rings. The molecule has 1 fully saturated rings. The fourth-order valence-corrected chi connectivity index (χ4v) is 9.81. The maximum atomic E-state index is 14.9. The van der Waals surface area contributed by atoms with Crippen LogP contribution < -0.4 is 47.7 Å². The largest absolute Gasteiger partial charge is 0.492 e. The van der Waals surface area contributed by atoms with E-state index in [1.807, 2.05) is 27.8 Å². The third-order valence-electron chi connectivity index (χ3n) is 13.4. The molecule has 3 aliphatic heterocycles. The number of primary amides is 1. The van der Waals surface area contributed by atoms with Gasteiger partial charge in [-0.15, -0.1) is 0 Å². The van der Waals surface area contributed by atoms with E-state index in [0.29, 0.717) is 29.6 Å². The number of carbonyl (C=O) groups excluding carboxylic acids is 9. The van der Waals surface area contributed by atoms with Crippen molar-refractivity contribution in [1.82, 2.24) is 52.0 Å². The zero-order valence-electron chi connectivity index (χ0n) is 41.5. The minimum Gasteiger partial charge on any atom is -0.492 e. The minimum absolute atomic E-state index is 0.106. The van der Waals surface area contributed by atoms with E-state index >= 15 is 0 Å². The standard InChI is InChI=1S/C46H69N11O14S/c1-8-22(2)37-42(67)49-17-35(62)50-31-21-72(70)44-27(26-10-9-25(14-28(26)53-44)71-12-11-56(7)46(4,5)6)15-29(39(64)48-18-36(63)54-37)51-43(68)38(23(3)33(60)20-58)55-41(66)32-13-24(59)19-57(32)45(69)30(16-34(47)61)52-40(31)65/h9-10,14,22-24,29-33,37-38,53,58-60H,8,11-13,15-21H2,1-7H3,(H2,47,61)(H,48,64)(H,49,67)(H,50,62)(H,51,68)(H,52,65)(H,54,63)(H,55,66)/t22-,23-,24+,29-,30-,31-,32-,33-,37?,38-,72?/m0/s1. The molecule has 0 radical (unpaired) electrons. The molecular weight excluding hydrogens is 963 g/mol. The molecule has 13 N–H and O–H groups in total. The Morgan fingerprint density at radius 1 is 0.903 bits per heavy atom. The van der Waals surface area contributed by atoms with Gasteiger partial charge in [0.05, 0.1) is 60.4 Å². The summed E-state index contributed by atoms with van der Waals surface area (Å²) in [5.41, 5.74) is 5.85. The zero-order valence-corrected chi connectivity index (χ0v) is 42.3. The van der Waals surface area contributed by atoms with Gasteiger partial charge in [-0.2, -0.15) is 0 Å². The number of aliphatic hydroxyl groups excluding tert-OH is 3. The molecule has 5 rings (SSSR count). The van der Waals surface area contributed by atoms with E-state index in [9.17, 15) is 62.7 Å². The molecular formula is C46H69N11O14S. The van der Waals surface area contributed by atoms with Crippen LogP contribution in [0, 0.1) is 11.8 Å². The Hall–Kier alpha value is -6.22. The number of fused-ring (bicyclic) bond motifs is 5. The van der Waals surface area contributed by atoms with Gasteiger partial charge in [-0.3, -0.25) is 52.3 Å². The van der Waals surface area contributed by atoms with Gasteiger partial charge in [-0.05, 0) is 51.4 Å². The lowest BCUT2D eigenvalue weighted by Gasteiger charge is -2.32. The van der Waals surface area contributed by atoms with Gasteiger partial charge in [0, 0.05) is 48.8 Å². The predicted octanol–water partition coefficient (Wildman–Crippen LogP) is -4.52. The number of hydrogen-bond acceptors (Lipinski definition) is 15. The number of ether oxygens (including phenoxy) is 1. The van der Waals surface area contributed by atoms with Crippen molar-refractivity contribution in [2.24, 2.45) is 17.6 Å². The second-order valence-electron chi connectivity index (χ2n) is 19.6. The van der Waals surface area contributed by atoms with Crippen LogP contribution in [0.25, 0.3) is 10.9 Å². The molecule has 2 unspecified atom stereocenters. The first-order chi connectivity index (χ1) is 33.8. The summed E-state index contributed by atoms with van der Waals surface area (Å²) in [6.45, 7) is 8.78. The van der Waals surface area contributed by atoms with Crippen LogP contribution in [0.2, 0.25) is 0 Å². The van der Waals surface area contributed by atoms with Crippen molar-refractivity contribution in [3.63, 3.8) is 0 Å². The molecule has 0 spiro atoms. The molecule has 1 aromatic heterocycles. The number of amides is 9. The normalized spacial score (nSPS) is 27.0. The second-order valence-corrected chi connectivity index (χ2v) is 21.0. The maximum Gasteiger partial charge on any atom is 0.246 e. The summed E-state index contributed by atoms with van der Waals surface area (Å²) in [7, 11) is -0.429. The summed E-state index contributed by atoms with van der Waals surface area (Å²) in [4.78, 5) is 131. The number of aromatic amines is 1. The smallest absolute Gasteiger partial charge is 0.246 e. The highest BCUT2D eigenvalue weighted by Crippen LogP contribution is 2.31. The summed E-state index contributed by atoms with van der Waals surface area (Å²) < 4.78 is 21.0. The van der Waals surface area contributed by atoms with E-state index in [1.54, 1.807) is 32.0 Å². The lowest BCUT2D eigenvalue weighted by atomic mass is 9.93. The van der Waals surface area contributed by atoms with Gasteiger partial charge in [-0.1, -0.05) is 27.2 Å². The number of hydrogen-bond donors (Lipinski definition) is 12. The molecule has 9 amide bonds. The van der Waals surface area contributed by atoms with Crippen LogP contribution in [-0.2, 0) is 60.4 Å². The molecule has 25 nitrogen and oxygen atoms in total. The number of nitrogens with zero attached hydrogens (tertiary/aromatic N) is 2. The van der Waals surface area contributed by atoms with Crippen molar-refractivity contribution < 1.29 is 67.4 Å². The fraction of sp³-hybridized carbons (Fsp3) is 0.630. The predicted molar refractivity (Wildman–Crippen MR) is 258 cm³/mol. The third-order valence-corrected chi connectivity index (χ3v) is 14.8. The van der Waals surface area contributed by atoms with Gasteiger partial charge in [-0.25, -0.2) is 0 Å². The summed E-state index contributed by atoms with van der Waals surface area (Å²) in [5, 5.41) is 49.3. The molecule has 1 aromatic carbocycles. The number of aromatic nitrogens is 1. The van der Waals surface area contributed by atoms with E-state index in [0.717, 1.165) is 4.90 Å². The van der Waals surface area contributed by atoms with E-state index < -0.39 is 176 Å². The molecule has 0 aliphatic carbocycles. The SMILES string of the molecule is CC[C@H](C)C1NC(=O)CNC(=O)[C@@H]2Cc3c([nH]c4cc(OCCN(C)C(C)(C)C)ccc34)S(=O)C[C@H](NC(=O)CNC1=O)C(=O)N[C@@H](CC(N)=O)C(=O)N1C[C@H](O)C[C@H]1C(=O)N[C@@H]([C@@H](C)[C@@H](O)CO)C(=O)N2. The van der Waals surface area contributed by atoms with E-state index in [2.05, 4.69) is 47.1 Å². The first-order valence-corrected chi connectivity index (χ1v) is 25.1. The molecule has 398 valence electrons. The first-order valence-electron chi connectivity index (χ1n) is 23.8. The molecule has 72 heavy (non-hydrogen) atoms. The monoisotopic (exact) mass is 1030 g/mol. The summed E-state index contributed by atoms with van der Waals surface area (Å²) in [6.07, 6.45) is -4.37. The average Bonchev–Trinajstić information content (AvgIpc) is 3.90. The Morgan fingerprint density at radius 2 is 1.57 bits per heavy atom. The van der Waals surface area contributed by atoms with Crippen molar-refractivity contribution in [2.45, 2.75) is 126 Å². The van der Waals surface area contributed by atoms with E-state index in [4.69, 9.17) is 10.5 Å². The summed E-state index contributed by atoms with van der Waals surface area (Å²) >= 11 is 0. The number of aliphatic hydroxyl groups is 3. The molecule has 1 saturated heterocycles. The van der Waals surface area contributed by atoms with Crippen LogP contribution in [0.1, 0.15) is 66.4 Å². The molecule has 26 heteroatoms. The molecule has 4 heterocycles. The Kier molecular flexibility index (Phi) is 19.3. The summed E-state index contributed by atoms with van der Waals surface area (Å²) in [6, 6.07) is -5.07. The lowest BCUT2D eigenvalue weighted by Crippen LogP contribution is -2.62. The Balaban J connectivity index is 1.73. The Morgan fingerprint density at radius 3 is 2.21 bits per heavy atom. The minimum atomic E-state index is -2.37. The highest BCUT2D eigenvalue weighted by molar-refractivity contribution is 7.85. The zero-order chi connectivity index (χ0) is 53.4. The Bertz CT molecular complexity index is 2410. The number of H-pyrrole nitrogens is 1. The van der Waals surface area contributed by atoms with Gasteiger partial charge in [0.15, 0.2) is 0 Å². The van der Waals surface area contributed by atoms with Crippen LogP contribution >= 0.6 is 0 Å². The van der Waals surface area contributed by atoms with Crippen LogP contribution in [0.4, 0.5) is 0 Å².